The summed E-state index contributed by atoms with van der Waals surface area (Å²) in [6, 6.07) is 3.51. The Morgan fingerprint density at radius 3 is 2.50 bits per heavy atom. The Morgan fingerprint density at radius 1 is 1.43 bits per heavy atom. The second kappa shape index (κ2) is 4.86. The molecule has 1 unspecified atom stereocenters. The third kappa shape index (κ3) is 2.39. The normalized spacial score (nSPS) is 12.5. The van der Waals surface area contributed by atoms with Gasteiger partial charge < -0.3 is 5.32 Å². The first-order chi connectivity index (χ1) is 6.66. The molecule has 0 bridgehead atoms. The first-order valence-electron chi connectivity index (χ1n) is 4.45. The molecule has 0 fully saturated rings. The standard InChI is InChI=1S/C11H13F2N/c1-3-7-14-8(2)11-9(12)5-4-6-10(11)13/h3-6,8,14H,1,7H2,2H3. The van der Waals surface area contributed by atoms with E-state index in [1.54, 1.807) is 13.0 Å². The molecule has 0 heterocycles. The molecule has 0 saturated heterocycles. The van der Waals surface area contributed by atoms with E-state index in [4.69, 9.17) is 0 Å². The summed E-state index contributed by atoms with van der Waals surface area (Å²) in [6.45, 7) is 5.76. The molecule has 1 nitrogen and oxygen atoms in total. The second-order valence-electron chi connectivity index (χ2n) is 3.05. The minimum atomic E-state index is -0.519. The predicted molar refractivity (Wildman–Crippen MR) is 53.0 cm³/mol. The van der Waals surface area contributed by atoms with Crippen molar-refractivity contribution in [3.05, 3.63) is 48.1 Å². The van der Waals surface area contributed by atoms with Crippen molar-refractivity contribution in [2.45, 2.75) is 13.0 Å². The van der Waals surface area contributed by atoms with Crippen LogP contribution in [0.15, 0.2) is 30.9 Å². The fraction of sp³-hybridized carbons (Fsp3) is 0.273. The lowest BCUT2D eigenvalue weighted by Crippen LogP contribution is -2.20. The highest BCUT2D eigenvalue weighted by atomic mass is 19.1. The number of benzene rings is 1. The van der Waals surface area contributed by atoms with E-state index in [1.807, 2.05) is 0 Å². The first-order valence-corrected chi connectivity index (χ1v) is 4.45. The fourth-order valence-electron chi connectivity index (χ4n) is 1.29. The van der Waals surface area contributed by atoms with Gasteiger partial charge in [-0.3, -0.25) is 0 Å². The van der Waals surface area contributed by atoms with E-state index in [0.717, 1.165) is 0 Å². The van der Waals surface area contributed by atoms with Crippen molar-refractivity contribution in [2.75, 3.05) is 6.54 Å². The summed E-state index contributed by atoms with van der Waals surface area (Å²) >= 11 is 0. The average molecular weight is 197 g/mol. The Morgan fingerprint density at radius 2 is 2.00 bits per heavy atom. The van der Waals surface area contributed by atoms with Crippen LogP contribution in [0.1, 0.15) is 18.5 Å². The Kier molecular flexibility index (Phi) is 3.77. The molecule has 0 aliphatic carbocycles. The van der Waals surface area contributed by atoms with Gasteiger partial charge in [-0.1, -0.05) is 12.1 Å². The van der Waals surface area contributed by atoms with Crippen molar-refractivity contribution in [3.8, 4) is 0 Å². The van der Waals surface area contributed by atoms with E-state index in [1.165, 1.54) is 18.2 Å². The number of hydrogen-bond donors (Lipinski definition) is 1. The summed E-state index contributed by atoms with van der Waals surface area (Å²) in [5, 5.41) is 2.93. The number of nitrogens with one attached hydrogen (secondary N) is 1. The van der Waals surface area contributed by atoms with E-state index < -0.39 is 11.6 Å². The molecule has 1 rings (SSSR count). The van der Waals surface area contributed by atoms with Crippen molar-refractivity contribution >= 4 is 0 Å². The van der Waals surface area contributed by atoms with Gasteiger partial charge in [-0.15, -0.1) is 6.58 Å². The summed E-state index contributed by atoms with van der Waals surface area (Å²) < 4.78 is 26.4. The monoisotopic (exact) mass is 197 g/mol. The molecule has 3 heteroatoms. The first kappa shape index (κ1) is 10.9. The van der Waals surface area contributed by atoms with Gasteiger partial charge in [0.2, 0.25) is 0 Å². The van der Waals surface area contributed by atoms with Crippen LogP contribution in [0.2, 0.25) is 0 Å². The van der Waals surface area contributed by atoms with Crippen molar-refractivity contribution in [2.24, 2.45) is 0 Å². The summed E-state index contributed by atoms with van der Waals surface area (Å²) in [6.07, 6.45) is 1.65. The Hall–Kier alpha value is -1.22. The lowest BCUT2D eigenvalue weighted by molar-refractivity contribution is 0.501. The number of hydrogen-bond acceptors (Lipinski definition) is 1. The number of halogens is 2. The van der Waals surface area contributed by atoms with Crippen molar-refractivity contribution in [3.63, 3.8) is 0 Å². The van der Waals surface area contributed by atoms with Gasteiger partial charge >= 0.3 is 0 Å². The zero-order valence-corrected chi connectivity index (χ0v) is 8.06. The van der Waals surface area contributed by atoms with Crippen LogP contribution in [0.4, 0.5) is 8.78 Å². The second-order valence-corrected chi connectivity index (χ2v) is 3.05. The molecule has 1 aromatic rings. The van der Waals surface area contributed by atoms with Gasteiger partial charge in [0.25, 0.3) is 0 Å². The molecule has 0 aliphatic rings. The van der Waals surface area contributed by atoms with Gasteiger partial charge in [0.1, 0.15) is 11.6 Å². The molecule has 0 saturated carbocycles. The Bertz CT molecular complexity index is 303. The average Bonchev–Trinajstić information content (AvgIpc) is 2.14. The highest BCUT2D eigenvalue weighted by Crippen LogP contribution is 2.19. The molecule has 0 radical (unpaired) electrons. The molecule has 1 N–H and O–H groups in total. The molecule has 0 spiro atoms. The highest BCUT2D eigenvalue weighted by molar-refractivity contribution is 5.22. The fourth-order valence-corrected chi connectivity index (χ4v) is 1.29. The molecule has 14 heavy (non-hydrogen) atoms. The van der Waals surface area contributed by atoms with E-state index >= 15 is 0 Å². The van der Waals surface area contributed by atoms with Gasteiger partial charge in [0.15, 0.2) is 0 Å². The quantitative estimate of drug-likeness (QED) is 0.732. The molecular formula is C11H13F2N. The van der Waals surface area contributed by atoms with Crippen LogP contribution in [0.25, 0.3) is 0 Å². The molecule has 1 aromatic carbocycles. The SMILES string of the molecule is C=CCNC(C)c1c(F)cccc1F. The maximum atomic E-state index is 13.2. The lowest BCUT2D eigenvalue weighted by Gasteiger charge is -2.14. The summed E-state index contributed by atoms with van der Waals surface area (Å²) in [5.41, 5.74) is 0.0781. The molecule has 0 amide bonds. The Balaban J connectivity index is 2.87. The van der Waals surface area contributed by atoms with Crippen LogP contribution in [0.3, 0.4) is 0 Å². The lowest BCUT2D eigenvalue weighted by atomic mass is 10.1. The summed E-state index contributed by atoms with van der Waals surface area (Å²) in [5.74, 6) is -1.04. The Labute approximate surface area is 82.4 Å². The van der Waals surface area contributed by atoms with Gasteiger partial charge in [0, 0.05) is 18.2 Å². The van der Waals surface area contributed by atoms with Gasteiger partial charge in [0.05, 0.1) is 0 Å². The zero-order valence-electron chi connectivity index (χ0n) is 8.06. The van der Waals surface area contributed by atoms with E-state index in [-0.39, 0.29) is 11.6 Å². The smallest absolute Gasteiger partial charge is 0.130 e. The van der Waals surface area contributed by atoms with Crippen LogP contribution in [0, 0.1) is 11.6 Å². The molecule has 0 aliphatic heterocycles. The molecular weight excluding hydrogens is 184 g/mol. The van der Waals surface area contributed by atoms with Gasteiger partial charge in [-0.25, -0.2) is 8.78 Å². The van der Waals surface area contributed by atoms with Gasteiger partial charge in [-0.2, -0.15) is 0 Å². The van der Waals surface area contributed by atoms with E-state index in [2.05, 4.69) is 11.9 Å². The topological polar surface area (TPSA) is 12.0 Å². The molecule has 76 valence electrons. The summed E-state index contributed by atoms with van der Waals surface area (Å²) in [7, 11) is 0. The highest BCUT2D eigenvalue weighted by Gasteiger charge is 2.14. The maximum Gasteiger partial charge on any atom is 0.130 e. The third-order valence-corrected chi connectivity index (χ3v) is 2.00. The van der Waals surface area contributed by atoms with E-state index in [9.17, 15) is 8.78 Å². The van der Waals surface area contributed by atoms with Crippen LogP contribution in [-0.2, 0) is 0 Å². The minimum absolute atomic E-state index is 0.0781. The largest absolute Gasteiger partial charge is 0.307 e. The van der Waals surface area contributed by atoms with Crippen LogP contribution >= 0.6 is 0 Å². The molecule has 1 atom stereocenters. The van der Waals surface area contributed by atoms with E-state index in [0.29, 0.717) is 6.54 Å². The maximum absolute atomic E-state index is 13.2. The third-order valence-electron chi connectivity index (χ3n) is 2.00. The molecule has 0 aromatic heterocycles. The van der Waals surface area contributed by atoms with Crippen LogP contribution < -0.4 is 5.32 Å². The van der Waals surface area contributed by atoms with Crippen LogP contribution in [0.5, 0.6) is 0 Å². The van der Waals surface area contributed by atoms with Crippen molar-refractivity contribution < 1.29 is 8.78 Å². The zero-order chi connectivity index (χ0) is 10.6. The summed E-state index contributed by atoms with van der Waals surface area (Å²) in [4.78, 5) is 0. The van der Waals surface area contributed by atoms with Crippen LogP contribution in [-0.4, -0.2) is 6.54 Å². The number of rotatable bonds is 4. The predicted octanol–water partition coefficient (Wildman–Crippen LogP) is 2.80. The van der Waals surface area contributed by atoms with Crippen molar-refractivity contribution in [1.29, 1.82) is 0 Å². The van der Waals surface area contributed by atoms with Gasteiger partial charge in [-0.05, 0) is 19.1 Å². The van der Waals surface area contributed by atoms with Crippen molar-refractivity contribution in [1.82, 2.24) is 5.32 Å². The minimum Gasteiger partial charge on any atom is -0.307 e.